The van der Waals surface area contributed by atoms with E-state index >= 15 is 0 Å². The highest BCUT2D eigenvalue weighted by Crippen LogP contribution is 2.19. The number of hydrogen-bond donors (Lipinski definition) is 0. The van der Waals surface area contributed by atoms with Gasteiger partial charge in [-0.2, -0.15) is 0 Å². The summed E-state index contributed by atoms with van der Waals surface area (Å²) in [5.41, 5.74) is 4.26. The van der Waals surface area contributed by atoms with Gasteiger partial charge in [-0.05, 0) is 49.6 Å². The summed E-state index contributed by atoms with van der Waals surface area (Å²) in [4.78, 5) is 26.7. The Bertz CT molecular complexity index is 987. The molecule has 4 rings (SSSR count). The van der Waals surface area contributed by atoms with Crippen LogP contribution < -0.4 is 4.74 Å². The van der Waals surface area contributed by atoms with Crippen molar-refractivity contribution in [2.45, 2.75) is 24.8 Å². The monoisotopic (exact) mass is 468 g/mol. The number of piperazine rings is 1. The number of pyridine rings is 1. The first kappa shape index (κ1) is 22.8. The molecule has 0 N–H and O–H groups in total. The summed E-state index contributed by atoms with van der Waals surface area (Å²) in [6.07, 6.45) is 3.52. The van der Waals surface area contributed by atoms with Crippen molar-refractivity contribution in [3.8, 4) is 5.75 Å². The van der Waals surface area contributed by atoms with E-state index < -0.39 is 0 Å². The molecule has 2 aromatic heterocycles. The molecule has 1 aliphatic rings. The van der Waals surface area contributed by atoms with E-state index in [0.717, 1.165) is 48.9 Å². The number of thiazole rings is 1. The van der Waals surface area contributed by atoms with Crippen molar-refractivity contribution < 1.29 is 9.53 Å². The highest BCUT2D eigenvalue weighted by Gasteiger charge is 2.22. The van der Waals surface area contributed by atoms with Crippen molar-refractivity contribution in [2.24, 2.45) is 0 Å². The van der Waals surface area contributed by atoms with E-state index in [1.165, 1.54) is 10.4 Å². The second kappa shape index (κ2) is 11.4. The van der Waals surface area contributed by atoms with Crippen LogP contribution in [0.15, 0.2) is 59.2 Å². The van der Waals surface area contributed by atoms with E-state index in [2.05, 4.69) is 21.8 Å². The summed E-state index contributed by atoms with van der Waals surface area (Å²) in [5.74, 6) is 1.56. The predicted octanol–water partition coefficient (Wildman–Crippen LogP) is 4.54. The van der Waals surface area contributed by atoms with Gasteiger partial charge in [0.15, 0.2) is 0 Å². The molecule has 6 nitrogen and oxygen atoms in total. The molecule has 0 unspecified atom stereocenters. The van der Waals surface area contributed by atoms with Crippen LogP contribution in [0, 0.1) is 6.92 Å². The number of carbonyl (C=O) groups excluding carboxylic acids is 1. The Kier molecular flexibility index (Phi) is 8.14. The first-order valence-corrected chi connectivity index (χ1v) is 12.7. The van der Waals surface area contributed by atoms with E-state index in [0.29, 0.717) is 18.8 Å². The van der Waals surface area contributed by atoms with Crippen molar-refractivity contribution >= 4 is 29.2 Å². The van der Waals surface area contributed by atoms with Gasteiger partial charge in [-0.15, -0.1) is 23.1 Å². The minimum absolute atomic E-state index is 0.263. The number of benzene rings is 1. The zero-order chi connectivity index (χ0) is 22.2. The normalized spacial score (nSPS) is 14.5. The maximum atomic E-state index is 12.5. The predicted molar refractivity (Wildman–Crippen MR) is 130 cm³/mol. The lowest BCUT2D eigenvalue weighted by atomic mass is 10.2. The number of hydrogen-bond acceptors (Lipinski definition) is 7. The molecule has 0 bridgehead atoms. The van der Waals surface area contributed by atoms with E-state index in [4.69, 9.17) is 4.74 Å². The molecule has 0 aliphatic carbocycles. The number of aromatic nitrogens is 2. The van der Waals surface area contributed by atoms with Crippen molar-refractivity contribution in [3.63, 3.8) is 0 Å². The molecule has 0 saturated carbocycles. The molecule has 0 spiro atoms. The van der Waals surface area contributed by atoms with Crippen LogP contribution in [-0.4, -0.2) is 64.3 Å². The summed E-state index contributed by atoms with van der Waals surface area (Å²) in [5, 5.41) is 1.04. The minimum atomic E-state index is -0.263. The zero-order valence-corrected chi connectivity index (χ0v) is 19.9. The van der Waals surface area contributed by atoms with Gasteiger partial charge < -0.3 is 9.64 Å². The summed E-state index contributed by atoms with van der Waals surface area (Å²) in [6, 6.07) is 13.8. The van der Waals surface area contributed by atoms with Gasteiger partial charge in [-0.25, -0.2) is 14.8 Å². The Morgan fingerprint density at radius 3 is 2.56 bits per heavy atom. The Morgan fingerprint density at radius 2 is 1.88 bits per heavy atom. The molecule has 1 amide bonds. The van der Waals surface area contributed by atoms with Crippen molar-refractivity contribution in [2.75, 3.05) is 38.5 Å². The standard InChI is InChI=1S/C24H28N4O2S2/c1-19-22(32-18-26-19)9-12-27-13-15-28(16-14-27)24(29)30-21-7-5-20(6-8-21)10-17-31-23-4-2-3-11-25-23/h2-8,11,18H,9-10,12-17H2,1H3. The van der Waals surface area contributed by atoms with Crippen LogP contribution in [0.4, 0.5) is 4.79 Å². The molecule has 32 heavy (non-hydrogen) atoms. The summed E-state index contributed by atoms with van der Waals surface area (Å²) >= 11 is 3.47. The van der Waals surface area contributed by atoms with Gasteiger partial charge in [0.1, 0.15) is 5.75 Å². The topological polar surface area (TPSA) is 58.6 Å². The number of carbonyl (C=O) groups is 1. The molecular weight excluding hydrogens is 440 g/mol. The first-order valence-electron chi connectivity index (χ1n) is 10.9. The Labute approximate surface area is 197 Å². The fraction of sp³-hybridized carbons (Fsp3) is 0.375. The molecule has 1 aromatic carbocycles. The number of thioether (sulfide) groups is 1. The second-order valence-corrected chi connectivity index (χ2v) is 9.77. The average Bonchev–Trinajstić information content (AvgIpc) is 3.24. The van der Waals surface area contributed by atoms with Crippen LogP contribution in [0.1, 0.15) is 16.1 Å². The maximum Gasteiger partial charge on any atom is 0.415 e. The second-order valence-electron chi connectivity index (χ2n) is 7.72. The average molecular weight is 469 g/mol. The zero-order valence-electron chi connectivity index (χ0n) is 18.3. The van der Waals surface area contributed by atoms with Crippen LogP contribution in [-0.2, 0) is 12.8 Å². The van der Waals surface area contributed by atoms with Gasteiger partial charge in [0.05, 0.1) is 16.2 Å². The summed E-state index contributed by atoms with van der Waals surface area (Å²) < 4.78 is 5.60. The number of amides is 1. The lowest BCUT2D eigenvalue weighted by Crippen LogP contribution is -2.49. The summed E-state index contributed by atoms with van der Waals surface area (Å²) in [6.45, 7) is 6.21. The number of nitrogens with zero attached hydrogens (tertiary/aromatic N) is 4. The molecule has 0 radical (unpaired) electrons. The molecule has 1 fully saturated rings. The third kappa shape index (κ3) is 6.54. The lowest BCUT2D eigenvalue weighted by Gasteiger charge is -2.33. The highest BCUT2D eigenvalue weighted by atomic mass is 32.2. The smallest absolute Gasteiger partial charge is 0.410 e. The van der Waals surface area contributed by atoms with Crippen LogP contribution in [0.2, 0.25) is 0 Å². The fourth-order valence-corrected chi connectivity index (χ4v) is 5.20. The number of aryl methyl sites for hydroxylation is 2. The molecule has 8 heteroatoms. The molecule has 1 saturated heterocycles. The van der Waals surface area contributed by atoms with E-state index in [9.17, 15) is 4.79 Å². The third-order valence-corrected chi connectivity index (χ3v) is 7.48. The molecule has 168 valence electrons. The molecule has 3 aromatic rings. The number of rotatable bonds is 8. The van der Waals surface area contributed by atoms with Crippen molar-refractivity contribution in [3.05, 3.63) is 70.3 Å². The van der Waals surface area contributed by atoms with Crippen LogP contribution in [0.25, 0.3) is 0 Å². The summed E-state index contributed by atoms with van der Waals surface area (Å²) in [7, 11) is 0. The van der Waals surface area contributed by atoms with Crippen molar-refractivity contribution in [1.29, 1.82) is 0 Å². The van der Waals surface area contributed by atoms with Crippen LogP contribution >= 0.6 is 23.1 Å². The Morgan fingerprint density at radius 1 is 1.06 bits per heavy atom. The minimum Gasteiger partial charge on any atom is -0.410 e. The van der Waals surface area contributed by atoms with E-state index in [1.54, 1.807) is 28.0 Å². The molecule has 1 aliphatic heterocycles. The molecule has 3 heterocycles. The Balaban J connectivity index is 1.17. The van der Waals surface area contributed by atoms with Crippen LogP contribution in [0.3, 0.4) is 0 Å². The van der Waals surface area contributed by atoms with Gasteiger partial charge in [0, 0.05) is 49.6 Å². The van der Waals surface area contributed by atoms with Crippen LogP contribution in [0.5, 0.6) is 5.75 Å². The van der Waals surface area contributed by atoms with Crippen molar-refractivity contribution in [1.82, 2.24) is 19.8 Å². The van der Waals surface area contributed by atoms with Gasteiger partial charge in [-0.3, -0.25) is 4.90 Å². The number of ether oxygens (including phenoxy) is 1. The largest absolute Gasteiger partial charge is 0.415 e. The van der Waals surface area contributed by atoms with E-state index in [1.807, 2.05) is 54.2 Å². The fourth-order valence-electron chi connectivity index (χ4n) is 3.58. The molecule has 0 atom stereocenters. The SMILES string of the molecule is Cc1ncsc1CCN1CCN(C(=O)Oc2ccc(CCSc3ccccn3)cc2)CC1. The van der Waals surface area contributed by atoms with Gasteiger partial charge in [0.25, 0.3) is 0 Å². The van der Waals surface area contributed by atoms with E-state index in [-0.39, 0.29) is 6.09 Å². The van der Waals surface area contributed by atoms with Gasteiger partial charge in [0.2, 0.25) is 0 Å². The maximum absolute atomic E-state index is 12.5. The van der Waals surface area contributed by atoms with Gasteiger partial charge >= 0.3 is 6.09 Å². The quantitative estimate of drug-likeness (QED) is 0.453. The Hall–Kier alpha value is -2.42. The third-order valence-electron chi connectivity index (χ3n) is 5.54. The highest BCUT2D eigenvalue weighted by molar-refractivity contribution is 7.99. The molecular formula is C24H28N4O2S2. The first-order chi connectivity index (χ1) is 15.7. The lowest BCUT2D eigenvalue weighted by molar-refractivity contribution is 0.111. The van der Waals surface area contributed by atoms with Gasteiger partial charge in [-0.1, -0.05) is 18.2 Å².